The van der Waals surface area contributed by atoms with Crippen molar-refractivity contribution in [3.05, 3.63) is 52.5 Å². The van der Waals surface area contributed by atoms with Gasteiger partial charge in [-0.05, 0) is 70.4 Å². The van der Waals surface area contributed by atoms with E-state index in [2.05, 4.69) is 20.8 Å². The minimum Gasteiger partial charge on any atom is -0.492 e. The van der Waals surface area contributed by atoms with Gasteiger partial charge >= 0.3 is 0 Å². The summed E-state index contributed by atoms with van der Waals surface area (Å²) in [7, 11) is 4.07. The van der Waals surface area contributed by atoms with Crippen LogP contribution in [-0.4, -0.2) is 49.6 Å². The summed E-state index contributed by atoms with van der Waals surface area (Å²) in [4.78, 5) is 21.9. The molecule has 0 N–H and O–H groups in total. The molecule has 0 fully saturated rings. The van der Waals surface area contributed by atoms with E-state index < -0.39 is 0 Å². The lowest BCUT2D eigenvalue weighted by molar-refractivity contribution is 0.0986. The van der Waals surface area contributed by atoms with Gasteiger partial charge in [-0.3, -0.25) is 9.69 Å². The highest BCUT2D eigenvalue weighted by Crippen LogP contribution is 2.35. The van der Waals surface area contributed by atoms with Crippen LogP contribution in [0, 0.1) is 0 Å². The van der Waals surface area contributed by atoms with Crippen LogP contribution in [0.3, 0.4) is 0 Å². The van der Waals surface area contributed by atoms with Crippen LogP contribution in [0.1, 0.15) is 23.7 Å². The third kappa shape index (κ3) is 4.90. The minimum absolute atomic E-state index is 0.0386. The number of para-hydroxylation sites is 1. The number of ether oxygens (including phenoxy) is 1. The molecule has 0 bridgehead atoms. The Hall–Kier alpha value is -1.96. The molecule has 0 saturated heterocycles. The lowest BCUT2D eigenvalue weighted by atomic mass is 10.2. The van der Waals surface area contributed by atoms with Crippen molar-refractivity contribution < 1.29 is 9.53 Å². The predicted molar refractivity (Wildman–Crippen MR) is 120 cm³/mol. The van der Waals surface area contributed by atoms with E-state index in [0.29, 0.717) is 23.8 Å². The molecule has 148 valence electrons. The zero-order valence-corrected chi connectivity index (χ0v) is 18.7. The zero-order chi connectivity index (χ0) is 20.1. The number of hydrogen-bond acceptors (Lipinski definition) is 5. The second-order valence-corrected chi connectivity index (χ2v) is 8.58. The number of thiazole rings is 1. The number of carbonyl (C=O) groups is 1. The lowest BCUT2D eigenvalue weighted by Gasteiger charge is -2.21. The Kier molecular flexibility index (Phi) is 7.04. The first kappa shape index (κ1) is 20.8. The summed E-state index contributed by atoms with van der Waals surface area (Å²) in [5.74, 6) is 0.718. The van der Waals surface area contributed by atoms with E-state index in [9.17, 15) is 4.79 Å². The molecule has 0 spiro atoms. The molecule has 0 unspecified atom stereocenters. The molecule has 1 amide bonds. The molecule has 3 aromatic rings. The van der Waals surface area contributed by atoms with Crippen LogP contribution in [0.15, 0.2) is 46.9 Å². The molecule has 1 heterocycles. The number of aromatic nitrogens is 1. The van der Waals surface area contributed by atoms with Crippen LogP contribution in [0.25, 0.3) is 10.2 Å². The SMILES string of the molecule is CCOc1cccc2sc(N(CCCN(C)C)C(=O)c3ccc(Br)cc3)nc12. The first-order chi connectivity index (χ1) is 13.5. The average molecular weight is 462 g/mol. The number of halogens is 1. The van der Waals surface area contributed by atoms with E-state index in [4.69, 9.17) is 9.72 Å². The molecular formula is C21H24BrN3O2S. The smallest absolute Gasteiger partial charge is 0.260 e. The topological polar surface area (TPSA) is 45.7 Å². The standard InChI is InChI=1S/C21H24BrN3O2S/c1-4-27-17-7-5-8-18-19(17)23-21(28-18)25(14-6-13-24(2)3)20(26)15-9-11-16(22)12-10-15/h5,7-12H,4,6,13-14H2,1-3H3. The quantitative estimate of drug-likeness (QED) is 0.470. The minimum atomic E-state index is -0.0386. The number of hydrogen-bond donors (Lipinski definition) is 0. The van der Waals surface area contributed by atoms with E-state index in [1.54, 1.807) is 4.90 Å². The van der Waals surface area contributed by atoms with Gasteiger partial charge in [-0.15, -0.1) is 0 Å². The Morgan fingerprint density at radius 3 is 2.57 bits per heavy atom. The summed E-state index contributed by atoms with van der Waals surface area (Å²) in [5.41, 5.74) is 1.46. The Bertz CT molecular complexity index is 940. The highest BCUT2D eigenvalue weighted by molar-refractivity contribution is 9.10. The number of amides is 1. The highest BCUT2D eigenvalue weighted by atomic mass is 79.9. The number of rotatable bonds is 8. The van der Waals surface area contributed by atoms with Crippen molar-refractivity contribution in [2.75, 3.05) is 38.7 Å². The van der Waals surface area contributed by atoms with Gasteiger partial charge in [-0.25, -0.2) is 4.98 Å². The van der Waals surface area contributed by atoms with Crippen molar-refractivity contribution in [3.63, 3.8) is 0 Å². The fraction of sp³-hybridized carbons (Fsp3) is 0.333. The predicted octanol–water partition coefficient (Wildman–Crippen LogP) is 5.06. The molecule has 0 aliphatic carbocycles. The van der Waals surface area contributed by atoms with Crippen molar-refractivity contribution in [2.45, 2.75) is 13.3 Å². The van der Waals surface area contributed by atoms with Crippen molar-refractivity contribution in [2.24, 2.45) is 0 Å². The Labute approximate surface area is 178 Å². The van der Waals surface area contributed by atoms with Crippen molar-refractivity contribution >= 4 is 48.5 Å². The first-order valence-corrected chi connectivity index (χ1v) is 10.8. The number of nitrogens with zero attached hydrogens (tertiary/aromatic N) is 3. The summed E-state index contributed by atoms with van der Waals surface area (Å²) in [5, 5.41) is 0.703. The van der Waals surface area contributed by atoms with Crippen LogP contribution in [0.5, 0.6) is 5.75 Å². The third-order valence-corrected chi connectivity index (χ3v) is 5.80. The maximum absolute atomic E-state index is 13.3. The highest BCUT2D eigenvalue weighted by Gasteiger charge is 2.22. The lowest BCUT2D eigenvalue weighted by Crippen LogP contribution is -2.33. The zero-order valence-electron chi connectivity index (χ0n) is 16.3. The maximum Gasteiger partial charge on any atom is 0.260 e. The van der Waals surface area contributed by atoms with Crippen molar-refractivity contribution in [1.82, 2.24) is 9.88 Å². The normalized spacial score (nSPS) is 11.2. The fourth-order valence-corrected chi connectivity index (χ4v) is 4.15. The number of anilines is 1. The van der Waals surface area contributed by atoms with Gasteiger partial charge in [0.15, 0.2) is 5.13 Å². The van der Waals surface area contributed by atoms with Gasteiger partial charge in [-0.2, -0.15) is 0 Å². The molecule has 2 aromatic carbocycles. The fourth-order valence-electron chi connectivity index (χ4n) is 2.88. The van der Waals surface area contributed by atoms with E-state index >= 15 is 0 Å². The second kappa shape index (κ2) is 9.49. The van der Waals surface area contributed by atoms with E-state index in [0.717, 1.165) is 33.4 Å². The second-order valence-electron chi connectivity index (χ2n) is 6.65. The van der Waals surface area contributed by atoms with Gasteiger partial charge < -0.3 is 9.64 Å². The molecule has 28 heavy (non-hydrogen) atoms. The largest absolute Gasteiger partial charge is 0.492 e. The first-order valence-electron chi connectivity index (χ1n) is 9.24. The van der Waals surface area contributed by atoms with Crippen LogP contribution in [-0.2, 0) is 0 Å². The number of fused-ring (bicyclic) bond motifs is 1. The molecule has 0 atom stereocenters. The molecule has 7 heteroatoms. The Morgan fingerprint density at radius 1 is 1.14 bits per heavy atom. The third-order valence-electron chi connectivity index (χ3n) is 4.22. The Balaban J connectivity index is 1.95. The van der Waals surface area contributed by atoms with Crippen molar-refractivity contribution in [1.29, 1.82) is 0 Å². The van der Waals surface area contributed by atoms with Gasteiger partial charge in [0.2, 0.25) is 0 Å². The van der Waals surface area contributed by atoms with E-state index in [1.807, 2.05) is 63.5 Å². The van der Waals surface area contributed by atoms with E-state index in [-0.39, 0.29) is 5.91 Å². The summed E-state index contributed by atoms with van der Waals surface area (Å²) >= 11 is 4.95. The van der Waals surface area contributed by atoms with Gasteiger partial charge in [0.1, 0.15) is 11.3 Å². The molecular weight excluding hydrogens is 438 g/mol. The van der Waals surface area contributed by atoms with Crippen LogP contribution in [0.2, 0.25) is 0 Å². The summed E-state index contributed by atoms with van der Waals surface area (Å²) in [6.45, 7) is 4.04. The van der Waals surface area contributed by atoms with Gasteiger partial charge in [0.05, 0.1) is 11.3 Å². The summed E-state index contributed by atoms with van der Waals surface area (Å²) < 4.78 is 7.68. The molecule has 0 aliphatic rings. The molecule has 5 nitrogen and oxygen atoms in total. The summed E-state index contributed by atoms with van der Waals surface area (Å²) in [6.07, 6.45) is 0.865. The number of carbonyl (C=O) groups excluding carboxylic acids is 1. The summed E-state index contributed by atoms with van der Waals surface area (Å²) in [6, 6.07) is 13.3. The molecule has 0 saturated carbocycles. The number of benzene rings is 2. The molecule has 0 aliphatic heterocycles. The Morgan fingerprint density at radius 2 is 1.89 bits per heavy atom. The maximum atomic E-state index is 13.3. The van der Waals surface area contributed by atoms with Gasteiger partial charge in [-0.1, -0.05) is 33.3 Å². The molecule has 3 rings (SSSR count). The molecule has 1 aromatic heterocycles. The van der Waals surface area contributed by atoms with Crippen LogP contribution < -0.4 is 9.64 Å². The van der Waals surface area contributed by atoms with Gasteiger partial charge in [0, 0.05) is 16.6 Å². The van der Waals surface area contributed by atoms with E-state index in [1.165, 1.54) is 11.3 Å². The monoisotopic (exact) mass is 461 g/mol. The van der Waals surface area contributed by atoms with Crippen LogP contribution >= 0.6 is 27.3 Å². The van der Waals surface area contributed by atoms with Crippen LogP contribution in [0.4, 0.5) is 5.13 Å². The molecule has 0 radical (unpaired) electrons. The van der Waals surface area contributed by atoms with Crippen molar-refractivity contribution in [3.8, 4) is 5.75 Å². The van der Waals surface area contributed by atoms with Gasteiger partial charge in [0.25, 0.3) is 5.91 Å². The average Bonchev–Trinajstić information content (AvgIpc) is 3.10.